The Morgan fingerprint density at radius 3 is 2.52 bits per heavy atom. The molecule has 0 atom stereocenters. The molecule has 0 bridgehead atoms. The van der Waals surface area contributed by atoms with E-state index < -0.39 is 0 Å². The summed E-state index contributed by atoms with van der Waals surface area (Å²) >= 11 is 6.34. The lowest BCUT2D eigenvalue weighted by Gasteiger charge is -2.13. The first-order valence-electron chi connectivity index (χ1n) is 8.49. The number of amides is 1. The van der Waals surface area contributed by atoms with Gasteiger partial charge in [0.05, 0.1) is 10.7 Å². The number of rotatable bonds is 5. The second-order valence-electron chi connectivity index (χ2n) is 6.32. The van der Waals surface area contributed by atoms with Crippen LogP contribution in [-0.4, -0.2) is 20.9 Å². The number of nitrogens with one attached hydrogen (secondary N) is 2. The highest BCUT2D eigenvalue weighted by molar-refractivity contribution is 6.33. The van der Waals surface area contributed by atoms with Crippen LogP contribution in [0.5, 0.6) is 0 Å². The number of halogens is 1. The number of carbonyl (C=O) groups excluding carboxylic acids is 1. The van der Waals surface area contributed by atoms with Crippen LogP contribution in [-0.2, 0) is 6.54 Å². The normalized spacial score (nSPS) is 10.5. The summed E-state index contributed by atoms with van der Waals surface area (Å²) in [5.41, 5.74) is 4.72. The first-order valence-corrected chi connectivity index (χ1v) is 8.87. The zero-order chi connectivity index (χ0) is 19.4. The van der Waals surface area contributed by atoms with E-state index >= 15 is 0 Å². The fourth-order valence-corrected chi connectivity index (χ4v) is 3.07. The van der Waals surface area contributed by atoms with Gasteiger partial charge in [0.1, 0.15) is 5.69 Å². The van der Waals surface area contributed by atoms with Crippen LogP contribution in [0.25, 0.3) is 0 Å². The van der Waals surface area contributed by atoms with E-state index in [1.165, 1.54) is 0 Å². The maximum atomic E-state index is 12.5. The lowest BCUT2D eigenvalue weighted by Crippen LogP contribution is -2.24. The van der Waals surface area contributed by atoms with E-state index in [-0.39, 0.29) is 5.91 Å². The number of benzene rings is 1. The molecule has 7 heteroatoms. The third-order valence-electron chi connectivity index (χ3n) is 3.96. The van der Waals surface area contributed by atoms with E-state index in [0.29, 0.717) is 28.9 Å². The molecule has 1 aromatic carbocycles. The average Bonchev–Trinajstić information content (AvgIpc) is 2.63. The number of hydrogen-bond donors (Lipinski definition) is 2. The number of anilines is 2. The van der Waals surface area contributed by atoms with Gasteiger partial charge in [0.25, 0.3) is 5.91 Å². The van der Waals surface area contributed by atoms with Crippen LogP contribution in [0.15, 0.2) is 42.7 Å². The van der Waals surface area contributed by atoms with E-state index in [0.717, 1.165) is 22.4 Å². The van der Waals surface area contributed by atoms with Crippen LogP contribution >= 0.6 is 11.6 Å². The van der Waals surface area contributed by atoms with Crippen LogP contribution < -0.4 is 10.6 Å². The molecular weight excluding hydrogens is 362 g/mol. The summed E-state index contributed by atoms with van der Waals surface area (Å²) in [4.78, 5) is 25.1. The predicted molar refractivity (Wildman–Crippen MR) is 106 cm³/mol. The predicted octanol–water partition coefficient (Wildman–Crippen LogP) is 4.12. The average molecular weight is 382 g/mol. The molecule has 6 nitrogen and oxygen atoms in total. The van der Waals surface area contributed by atoms with Crippen LogP contribution in [0.2, 0.25) is 5.02 Å². The van der Waals surface area contributed by atoms with Crippen molar-refractivity contribution in [1.82, 2.24) is 20.3 Å². The Morgan fingerprint density at radius 1 is 1.07 bits per heavy atom. The van der Waals surface area contributed by atoms with Crippen LogP contribution in [0.3, 0.4) is 0 Å². The van der Waals surface area contributed by atoms with Gasteiger partial charge in [-0.1, -0.05) is 17.7 Å². The van der Waals surface area contributed by atoms with Gasteiger partial charge in [0, 0.05) is 24.6 Å². The molecule has 0 aliphatic rings. The molecule has 3 aromatic rings. The number of hydrogen-bond acceptors (Lipinski definition) is 5. The number of aromatic nitrogens is 3. The minimum atomic E-state index is -0.271. The van der Waals surface area contributed by atoms with Gasteiger partial charge in [-0.25, -0.2) is 9.97 Å². The van der Waals surface area contributed by atoms with Gasteiger partial charge in [0.15, 0.2) is 0 Å². The highest BCUT2D eigenvalue weighted by Crippen LogP contribution is 2.29. The third kappa shape index (κ3) is 4.80. The topological polar surface area (TPSA) is 79.8 Å². The monoisotopic (exact) mass is 381 g/mol. The molecule has 0 aliphatic heterocycles. The molecule has 0 aliphatic carbocycles. The first-order chi connectivity index (χ1) is 12.9. The molecule has 0 radical (unpaired) electrons. The summed E-state index contributed by atoms with van der Waals surface area (Å²) in [6, 6.07) is 9.24. The molecule has 3 rings (SSSR count). The molecule has 138 valence electrons. The van der Waals surface area contributed by atoms with Crippen molar-refractivity contribution in [3.05, 3.63) is 75.8 Å². The molecule has 0 unspecified atom stereocenters. The Labute approximate surface area is 163 Å². The van der Waals surface area contributed by atoms with Crippen LogP contribution in [0, 0.1) is 20.8 Å². The largest absolute Gasteiger partial charge is 0.347 e. The van der Waals surface area contributed by atoms with Crippen molar-refractivity contribution in [1.29, 1.82) is 0 Å². The standard InChI is InChI=1S/C20H20ClN5O/c1-12-8-13(2)18(16(21)9-12)26-20-24-14(3)10-17(25-20)19(27)23-11-15-4-6-22-7-5-15/h4-10H,11H2,1-3H3,(H,23,27)(H,24,25,26). The van der Waals surface area contributed by atoms with Crippen LogP contribution in [0.4, 0.5) is 11.6 Å². The summed E-state index contributed by atoms with van der Waals surface area (Å²) in [6.07, 6.45) is 3.37. The Balaban J connectivity index is 1.79. The molecule has 0 fully saturated rings. The van der Waals surface area contributed by atoms with Crippen molar-refractivity contribution >= 4 is 29.1 Å². The number of nitrogens with zero attached hydrogens (tertiary/aromatic N) is 3. The van der Waals surface area contributed by atoms with E-state index in [4.69, 9.17) is 11.6 Å². The molecule has 2 aromatic heterocycles. The minimum absolute atomic E-state index is 0.271. The van der Waals surface area contributed by atoms with Gasteiger partial charge < -0.3 is 10.6 Å². The summed E-state index contributed by atoms with van der Waals surface area (Å²) in [5, 5.41) is 6.57. The summed E-state index contributed by atoms with van der Waals surface area (Å²) in [6.45, 7) is 6.16. The lowest BCUT2D eigenvalue weighted by molar-refractivity contribution is 0.0945. The van der Waals surface area contributed by atoms with Crippen molar-refractivity contribution in [3.8, 4) is 0 Å². The highest BCUT2D eigenvalue weighted by Gasteiger charge is 2.13. The van der Waals surface area contributed by atoms with Gasteiger partial charge in [0.2, 0.25) is 5.95 Å². The Morgan fingerprint density at radius 2 is 1.81 bits per heavy atom. The smallest absolute Gasteiger partial charge is 0.270 e. The van der Waals surface area contributed by atoms with Gasteiger partial charge in [-0.05, 0) is 61.7 Å². The molecule has 27 heavy (non-hydrogen) atoms. The molecule has 0 saturated carbocycles. The molecular formula is C20H20ClN5O. The van der Waals surface area contributed by atoms with Crippen molar-refractivity contribution in [3.63, 3.8) is 0 Å². The van der Waals surface area contributed by atoms with E-state index in [2.05, 4.69) is 25.6 Å². The van der Waals surface area contributed by atoms with Gasteiger partial charge in [-0.15, -0.1) is 0 Å². The second-order valence-corrected chi connectivity index (χ2v) is 6.73. The summed E-state index contributed by atoms with van der Waals surface area (Å²) in [5.74, 6) is 0.0602. The van der Waals surface area contributed by atoms with Crippen molar-refractivity contribution < 1.29 is 4.79 Å². The zero-order valence-corrected chi connectivity index (χ0v) is 16.1. The minimum Gasteiger partial charge on any atom is -0.347 e. The van der Waals surface area contributed by atoms with E-state index in [1.807, 2.05) is 45.0 Å². The molecule has 1 amide bonds. The molecule has 2 N–H and O–H groups in total. The van der Waals surface area contributed by atoms with Gasteiger partial charge >= 0.3 is 0 Å². The number of pyridine rings is 1. The maximum absolute atomic E-state index is 12.5. The van der Waals surface area contributed by atoms with Crippen molar-refractivity contribution in [2.24, 2.45) is 0 Å². The van der Waals surface area contributed by atoms with Crippen molar-refractivity contribution in [2.75, 3.05) is 5.32 Å². The van der Waals surface area contributed by atoms with Crippen LogP contribution in [0.1, 0.15) is 32.9 Å². The second kappa shape index (κ2) is 8.14. The number of aryl methyl sites for hydroxylation is 3. The SMILES string of the molecule is Cc1cc(C)c(Nc2nc(C)cc(C(=O)NCc3ccncc3)n2)c(Cl)c1. The molecule has 2 heterocycles. The maximum Gasteiger partial charge on any atom is 0.270 e. The lowest BCUT2D eigenvalue weighted by atomic mass is 10.1. The Kier molecular flexibility index (Phi) is 5.66. The zero-order valence-electron chi connectivity index (χ0n) is 15.4. The fraction of sp³-hybridized carbons (Fsp3) is 0.200. The Bertz CT molecular complexity index is 952. The summed E-state index contributed by atoms with van der Waals surface area (Å²) in [7, 11) is 0. The first kappa shape index (κ1) is 18.8. The van der Waals surface area contributed by atoms with E-state index in [1.54, 1.807) is 18.5 Å². The molecule has 0 saturated heterocycles. The Hall–Kier alpha value is -2.99. The van der Waals surface area contributed by atoms with Gasteiger partial charge in [-0.2, -0.15) is 0 Å². The van der Waals surface area contributed by atoms with Crippen molar-refractivity contribution in [2.45, 2.75) is 27.3 Å². The highest BCUT2D eigenvalue weighted by atomic mass is 35.5. The van der Waals surface area contributed by atoms with E-state index in [9.17, 15) is 4.79 Å². The van der Waals surface area contributed by atoms with Gasteiger partial charge in [-0.3, -0.25) is 9.78 Å². The number of carbonyl (C=O) groups is 1. The quantitative estimate of drug-likeness (QED) is 0.694. The fourth-order valence-electron chi connectivity index (χ4n) is 2.70. The third-order valence-corrected chi connectivity index (χ3v) is 4.26. The summed E-state index contributed by atoms with van der Waals surface area (Å²) < 4.78 is 0. The molecule has 0 spiro atoms.